The lowest BCUT2D eigenvalue weighted by molar-refractivity contribution is 0.647. The quantitative estimate of drug-likeness (QED) is 0.776. The summed E-state index contributed by atoms with van der Waals surface area (Å²) in [7, 11) is 0. The van der Waals surface area contributed by atoms with Crippen molar-refractivity contribution >= 4 is 39.0 Å². The molecule has 1 fully saturated rings. The van der Waals surface area contributed by atoms with Crippen molar-refractivity contribution in [3.8, 4) is 0 Å². The second-order valence-electron chi connectivity index (χ2n) is 4.65. The van der Waals surface area contributed by atoms with E-state index in [1.807, 2.05) is 30.5 Å². The highest BCUT2D eigenvalue weighted by Gasteiger charge is 2.18. The van der Waals surface area contributed by atoms with E-state index in [2.05, 4.69) is 35.7 Å². The van der Waals surface area contributed by atoms with Gasteiger partial charge < -0.3 is 9.80 Å². The summed E-state index contributed by atoms with van der Waals surface area (Å²) in [6, 6.07) is 7.98. The lowest BCUT2D eigenvalue weighted by Gasteiger charge is -2.36. The van der Waals surface area contributed by atoms with Crippen LogP contribution in [0.5, 0.6) is 0 Å². The number of nitrogens with zero attached hydrogens (tertiary/aromatic N) is 4. The van der Waals surface area contributed by atoms with Crippen LogP contribution in [0.2, 0.25) is 5.15 Å². The van der Waals surface area contributed by atoms with Gasteiger partial charge in [0.1, 0.15) is 11.0 Å². The van der Waals surface area contributed by atoms with Crippen molar-refractivity contribution in [1.29, 1.82) is 0 Å². The molecular weight excluding hydrogens is 340 g/mol. The van der Waals surface area contributed by atoms with E-state index in [1.165, 1.54) is 0 Å². The van der Waals surface area contributed by atoms with Crippen LogP contribution in [0.1, 0.15) is 0 Å². The number of halogens is 2. The van der Waals surface area contributed by atoms with Gasteiger partial charge in [0, 0.05) is 48.7 Å². The maximum Gasteiger partial charge on any atom is 0.131 e. The van der Waals surface area contributed by atoms with Crippen molar-refractivity contribution in [2.24, 2.45) is 0 Å². The van der Waals surface area contributed by atoms with Gasteiger partial charge in [-0.1, -0.05) is 11.6 Å². The zero-order valence-corrected chi connectivity index (χ0v) is 13.2. The number of hydrogen-bond acceptors (Lipinski definition) is 4. The van der Waals surface area contributed by atoms with Gasteiger partial charge >= 0.3 is 0 Å². The fourth-order valence-electron chi connectivity index (χ4n) is 2.34. The molecule has 2 aromatic heterocycles. The van der Waals surface area contributed by atoms with Gasteiger partial charge in [0.05, 0.1) is 0 Å². The van der Waals surface area contributed by atoms with E-state index in [4.69, 9.17) is 11.6 Å². The Morgan fingerprint density at radius 1 is 1.00 bits per heavy atom. The van der Waals surface area contributed by atoms with E-state index in [0.29, 0.717) is 5.15 Å². The van der Waals surface area contributed by atoms with Crippen molar-refractivity contribution < 1.29 is 0 Å². The molecule has 3 heterocycles. The minimum Gasteiger partial charge on any atom is -0.368 e. The van der Waals surface area contributed by atoms with Crippen molar-refractivity contribution in [3.05, 3.63) is 46.3 Å². The van der Waals surface area contributed by atoms with Crippen LogP contribution in [-0.2, 0) is 0 Å². The van der Waals surface area contributed by atoms with E-state index in [0.717, 1.165) is 42.2 Å². The first-order valence-electron chi connectivity index (χ1n) is 6.45. The Hall–Kier alpha value is -1.33. The first kappa shape index (κ1) is 13.6. The Balaban J connectivity index is 1.66. The third-order valence-corrected chi connectivity index (χ3v) is 4.07. The fraction of sp³-hybridized carbons (Fsp3) is 0.286. The molecule has 0 amide bonds. The molecule has 2 aromatic rings. The average Bonchev–Trinajstić information content (AvgIpc) is 2.48. The van der Waals surface area contributed by atoms with Crippen LogP contribution in [0.15, 0.2) is 41.1 Å². The fourth-order valence-corrected chi connectivity index (χ4v) is 2.74. The van der Waals surface area contributed by atoms with Gasteiger partial charge in [-0.15, -0.1) is 0 Å². The van der Waals surface area contributed by atoms with Crippen molar-refractivity contribution in [2.75, 3.05) is 36.0 Å². The van der Waals surface area contributed by atoms with Crippen molar-refractivity contribution in [1.82, 2.24) is 9.97 Å². The molecule has 20 heavy (non-hydrogen) atoms. The highest BCUT2D eigenvalue weighted by molar-refractivity contribution is 9.10. The van der Waals surface area contributed by atoms with E-state index in [9.17, 15) is 0 Å². The molecule has 104 valence electrons. The second kappa shape index (κ2) is 5.97. The van der Waals surface area contributed by atoms with E-state index >= 15 is 0 Å². The zero-order chi connectivity index (χ0) is 13.9. The number of hydrogen-bond donors (Lipinski definition) is 0. The molecule has 0 atom stereocenters. The normalized spacial score (nSPS) is 15.5. The van der Waals surface area contributed by atoms with Gasteiger partial charge in [0.25, 0.3) is 0 Å². The van der Waals surface area contributed by atoms with Crippen molar-refractivity contribution in [3.63, 3.8) is 0 Å². The van der Waals surface area contributed by atoms with Crippen LogP contribution in [0.3, 0.4) is 0 Å². The summed E-state index contributed by atoms with van der Waals surface area (Å²) in [6.45, 7) is 3.82. The number of anilines is 2. The molecule has 1 aliphatic heterocycles. The maximum atomic E-state index is 5.94. The Morgan fingerprint density at radius 2 is 1.75 bits per heavy atom. The molecule has 0 bridgehead atoms. The molecule has 3 rings (SSSR count). The SMILES string of the molecule is Clc1cc(N2CCN(c3ccc(Br)cn3)CC2)ccn1. The predicted molar refractivity (Wildman–Crippen MR) is 85.6 cm³/mol. The standard InChI is InChI=1S/C14H14BrClN4/c15-11-1-2-14(18-10-11)20-7-5-19(6-8-20)12-3-4-17-13(16)9-12/h1-4,9-10H,5-8H2. The van der Waals surface area contributed by atoms with Gasteiger partial charge in [0.2, 0.25) is 0 Å². The average molecular weight is 354 g/mol. The van der Waals surface area contributed by atoms with Crippen LogP contribution < -0.4 is 9.80 Å². The maximum absolute atomic E-state index is 5.94. The number of rotatable bonds is 2. The van der Waals surface area contributed by atoms with Crippen LogP contribution in [-0.4, -0.2) is 36.1 Å². The molecular formula is C14H14BrClN4. The van der Waals surface area contributed by atoms with Gasteiger partial charge in [-0.05, 0) is 40.2 Å². The summed E-state index contributed by atoms with van der Waals surface area (Å²) in [5.74, 6) is 1.03. The van der Waals surface area contributed by atoms with E-state index in [1.54, 1.807) is 6.20 Å². The number of pyridine rings is 2. The molecule has 1 aliphatic rings. The molecule has 0 unspecified atom stereocenters. The Labute approximate surface area is 131 Å². The first-order chi connectivity index (χ1) is 9.72. The van der Waals surface area contributed by atoms with Crippen molar-refractivity contribution in [2.45, 2.75) is 0 Å². The molecule has 6 heteroatoms. The third kappa shape index (κ3) is 3.04. The molecule has 1 saturated heterocycles. The summed E-state index contributed by atoms with van der Waals surface area (Å²) < 4.78 is 1.01. The molecule has 0 aliphatic carbocycles. The van der Waals surface area contributed by atoms with Crippen LogP contribution in [0, 0.1) is 0 Å². The minimum atomic E-state index is 0.541. The summed E-state index contributed by atoms with van der Waals surface area (Å²) in [6.07, 6.45) is 3.59. The van der Waals surface area contributed by atoms with E-state index in [-0.39, 0.29) is 0 Å². The second-order valence-corrected chi connectivity index (χ2v) is 5.95. The topological polar surface area (TPSA) is 32.3 Å². The predicted octanol–water partition coefficient (Wildman–Crippen LogP) is 3.22. The lowest BCUT2D eigenvalue weighted by atomic mass is 10.2. The highest BCUT2D eigenvalue weighted by Crippen LogP contribution is 2.21. The summed E-state index contributed by atoms with van der Waals surface area (Å²) >= 11 is 9.35. The van der Waals surface area contributed by atoms with Gasteiger partial charge in [-0.2, -0.15) is 0 Å². The monoisotopic (exact) mass is 352 g/mol. The minimum absolute atomic E-state index is 0.541. The summed E-state index contributed by atoms with van der Waals surface area (Å²) in [5.41, 5.74) is 1.13. The third-order valence-electron chi connectivity index (χ3n) is 3.39. The molecule has 0 radical (unpaired) electrons. The van der Waals surface area contributed by atoms with Gasteiger partial charge in [0.15, 0.2) is 0 Å². The Morgan fingerprint density at radius 3 is 2.40 bits per heavy atom. The van der Waals surface area contributed by atoms with Crippen LogP contribution >= 0.6 is 27.5 Å². The van der Waals surface area contributed by atoms with Crippen LogP contribution in [0.25, 0.3) is 0 Å². The number of aromatic nitrogens is 2. The molecule has 0 aromatic carbocycles. The largest absolute Gasteiger partial charge is 0.368 e. The molecule has 0 spiro atoms. The van der Waals surface area contributed by atoms with E-state index < -0.39 is 0 Å². The summed E-state index contributed by atoms with van der Waals surface area (Å²) in [5, 5.41) is 0.541. The Kier molecular flexibility index (Phi) is 4.08. The first-order valence-corrected chi connectivity index (χ1v) is 7.62. The smallest absolute Gasteiger partial charge is 0.131 e. The zero-order valence-electron chi connectivity index (χ0n) is 10.8. The van der Waals surface area contributed by atoms with Crippen LogP contribution in [0.4, 0.5) is 11.5 Å². The van der Waals surface area contributed by atoms with Gasteiger partial charge in [-0.3, -0.25) is 0 Å². The molecule has 4 nitrogen and oxygen atoms in total. The Bertz CT molecular complexity index is 582. The molecule has 0 saturated carbocycles. The van der Waals surface area contributed by atoms with Gasteiger partial charge in [-0.25, -0.2) is 9.97 Å². The molecule has 0 N–H and O–H groups in total. The lowest BCUT2D eigenvalue weighted by Crippen LogP contribution is -2.46. The summed E-state index contributed by atoms with van der Waals surface area (Å²) in [4.78, 5) is 13.1. The number of piperazine rings is 1. The highest BCUT2D eigenvalue weighted by atomic mass is 79.9.